The first kappa shape index (κ1) is 21.3. The van der Waals surface area contributed by atoms with Crippen LogP contribution in [0.3, 0.4) is 0 Å². The van der Waals surface area contributed by atoms with Crippen LogP contribution in [-0.2, 0) is 10.0 Å². The van der Waals surface area contributed by atoms with Crippen molar-refractivity contribution in [2.75, 3.05) is 33.9 Å². The quantitative estimate of drug-likeness (QED) is 0.457. The first-order valence-electron chi connectivity index (χ1n) is 8.18. The number of para-hydroxylation sites is 2. The lowest BCUT2D eigenvalue weighted by molar-refractivity contribution is 0.292. The number of rotatable bonds is 10. The molecule has 3 N–H and O–H groups in total. The molecule has 148 valence electrons. The van der Waals surface area contributed by atoms with Crippen molar-refractivity contribution in [1.82, 2.24) is 5.32 Å². The van der Waals surface area contributed by atoms with E-state index in [0.29, 0.717) is 36.8 Å². The molecule has 0 saturated carbocycles. The number of alkyl halides is 1. The fraction of sp³-hybridized carbons (Fsp3) is 0.333. The van der Waals surface area contributed by atoms with Gasteiger partial charge in [0.15, 0.2) is 11.5 Å². The molecule has 0 aliphatic rings. The Labute approximate surface area is 164 Å². The second kappa shape index (κ2) is 9.80. The van der Waals surface area contributed by atoms with Gasteiger partial charge in [0.25, 0.3) is 0 Å². The topological polar surface area (TPSA) is 99.9 Å². The molecule has 0 amide bonds. The van der Waals surface area contributed by atoms with Crippen molar-refractivity contribution in [2.24, 2.45) is 5.14 Å². The molecule has 0 radical (unpaired) electrons. The summed E-state index contributed by atoms with van der Waals surface area (Å²) in [6.07, 6.45) is 0. The minimum Gasteiger partial charge on any atom is -0.495 e. The summed E-state index contributed by atoms with van der Waals surface area (Å²) in [5.74, 6) is 1.52. The highest BCUT2D eigenvalue weighted by atomic mass is 35.5. The molecule has 0 bridgehead atoms. The number of hydrogen-bond acceptors (Lipinski definition) is 6. The fourth-order valence-corrected chi connectivity index (χ4v) is 3.41. The second-order valence-electron chi connectivity index (χ2n) is 5.63. The highest BCUT2D eigenvalue weighted by Crippen LogP contribution is 2.29. The predicted molar refractivity (Wildman–Crippen MR) is 104 cm³/mol. The highest BCUT2D eigenvalue weighted by molar-refractivity contribution is 7.89. The van der Waals surface area contributed by atoms with E-state index in [2.05, 4.69) is 5.32 Å². The molecule has 0 aromatic heterocycles. The number of hydrogen-bond donors (Lipinski definition) is 2. The molecule has 0 aliphatic heterocycles. The summed E-state index contributed by atoms with van der Waals surface area (Å²) in [7, 11) is -0.937. The molecule has 2 aromatic carbocycles. The summed E-state index contributed by atoms with van der Waals surface area (Å²) in [6.45, 7) is 1.40. The van der Waals surface area contributed by atoms with Crippen LogP contribution in [0.2, 0.25) is 0 Å². The van der Waals surface area contributed by atoms with Crippen molar-refractivity contribution in [3.63, 3.8) is 0 Å². The molecule has 1 unspecified atom stereocenters. The molecular weight excluding hydrogens is 392 g/mol. The Hall–Kier alpha value is -2.00. The molecular formula is C18H23ClN2O5S. The maximum absolute atomic E-state index is 11.7. The summed E-state index contributed by atoms with van der Waals surface area (Å²) >= 11 is 6.37. The maximum atomic E-state index is 11.7. The average Bonchev–Trinajstić information content (AvgIpc) is 2.66. The van der Waals surface area contributed by atoms with Crippen molar-refractivity contribution in [3.8, 4) is 17.2 Å². The molecule has 2 aromatic rings. The van der Waals surface area contributed by atoms with E-state index in [4.69, 9.17) is 31.0 Å². The molecule has 7 nitrogen and oxygen atoms in total. The third-order valence-corrected chi connectivity index (χ3v) is 5.12. The number of methoxy groups -OCH3 is 2. The molecule has 0 saturated heterocycles. The molecule has 9 heteroatoms. The number of sulfonamides is 1. The predicted octanol–water partition coefficient (Wildman–Crippen LogP) is 2.30. The van der Waals surface area contributed by atoms with Crippen molar-refractivity contribution in [3.05, 3.63) is 48.0 Å². The largest absolute Gasteiger partial charge is 0.495 e. The zero-order valence-corrected chi connectivity index (χ0v) is 16.7. The minimum atomic E-state index is -3.90. The van der Waals surface area contributed by atoms with E-state index in [1.807, 2.05) is 24.3 Å². The van der Waals surface area contributed by atoms with Gasteiger partial charge in [-0.15, -0.1) is 11.6 Å². The van der Waals surface area contributed by atoms with Gasteiger partial charge >= 0.3 is 0 Å². The van der Waals surface area contributed by atoms with Crippen LogP contribution >= 0.6 is 11.6 Å². The number of halogens is 1. The van der Waals surface area contributed by atoms with Crippen LogP contribution in [-0.4, -0.2) is 42.3 Å². The van der Waals surface area contributed by atoms with Crippen LogP contribution in [0.25, 0.3) is 0 Å². The molecule has 0 aliphatic carbocycles. The van der Waals surface area contributed by atoms with Gasteiger partial charge in [-0.2, -0.15) is 0 Å². The first-order chi connectivity index (χ1) is 12.9. The van der Waals surface area contributed by atoms with Gasteiger partial charge < -0.3 is 19.5 Å². The van der Waals surface area contributed by atoms with E-state index in [1.54, 1.807) is 13.2 Å². The molecule has 0 heterocycles. The summed E-state index contributed by atoms with van der Waals surface area (Å²) in [5.41, 5.74) is 0.625. The van der Waals surface area contributed by atoms with Gasteiger partial charge in [-0.1, -0.05) is 18.2 Å². The van der Waals surface area contributed by atoms with Crippen molar-refractivity contribution in [1.29, 1.82) is 0 Å². The van der Waals surface area contributed by atoms with Crippen LogP contribution in [0.1, 0.15) is 10.9 Å². The minimum absolute atomic E-state index is 0.0901. The number of benzene rings is 2. The van der Waals surface area contributed by atoms with E-state index >= 15 is 0 Å². The van der Waals surface area contributed by atoms with Gasteiger partial charge in [-0.3, -0.25) is 0 Å². The van der Waals surface area contributed by atoms with Crippen LogP contribution in [0, 0.1) is 0 Å². The van der Waals surface area contributed by atoms with Gasteiger partial charge in [-0.25, -0.2) is 13.6 Å². The number of ether oxygens (including phenoxy) is 3. The van der Waals surface area contributed by atoms with Gasteiger partial charge in [0.2, 0.25) is 10.0 Å². The lowest BCUT2D eigenvalue weighted by Gasteiger charge is -2.15. The van der Waals surface area contributed by atoms with E-state index in [-0.39, 0.29) is 10.6 Å². The zero-order valence-electron chi connectivity index (χ0n) is 15.1. The first-order valence-corrected chi connectivity index (χ1v) is 10.2. The Morgan fingerprint density at radius 1 is 1.07 bits per heavy atom. The normalized spacial score (nSPS) is 12.4. The lowest BCUT2D eigenvalue weighted by atomic mass is 10.1. The molecule has 1 atom stereocenters. The third kappa shape index (κ3) is 6.00. The van der Waals surface area contributed by atoms with Crippen LogP contribution in [0.5, 0.6) is 17.2 Å². The lowest BCUT2D eigenvalue weighted by Crippen LogP contribution is -2.25. The third-order valence-electron chi connectivity index (χ3n) is 3.78. The highest BCUT2D eigenvalue weighted by Gasteiger charge is 2.18. The number of primary sulfonamides is 1. The Balaban J connectivity index is 1.88. The second-order valence-corrected chi connectivity index (χ2v) is 7.68. The summed E-state index contributed by atoms with van der Waals surface area (Å²) < 4.78 is 39.3. The molecule has 0 spiro atoms. The van der Waals surface area contributed by atoms with Gasteiger partial charge in [0.05, 0.1) is 19.6 Å². The van der Waals surface area contributed by atoms with Crippen molar-refractivity contribution >= 4 is 21.6 Å². The average molecular weight is 415 g/mol. The number of nitrogens with two attached hydrogens (primary N) is 1. The van der Waals surface area contributed by atoms with Crippen molar-refractivity contribution < 1.29 is 22.6 Å². The summed E-state index contributed by atoms with van der Waals surface area (Å²) in [5, 5.41) is 7.95. The monoisotopic (exact) mass is 414 g/mol. The standard InChI is InChI=1S/C18H23ClN2O5S/c1-24-15-5-3-4-6-16(15)26-10-9-21-12-14(19)13-7-8-17(25-2)18(11-13)27(20,22)23/h3-8,11,14,21H,9-10,12H2,1-2H3,(H2,20,22,23). The SMILES string of the molecule is COc1ccccc1OCCNCC(Cl)c1ccc(OC)c(S(N)(=O)=O)c1. The Kier molecular flexibility index (Phi) is 7.73. The van der Waals surface area contributed by atoms with Crippen molar-refractivity contribution in [2.45, 2.75) is 10.3 Å². The molecule has 27 heavy (non-hydrogen) atoms. The smallest absolute Gasteiger partial charge is 0.241 e. The molecule has 0 fully saturated rings. The van der Waals surface area contributed by atoms with Crippen LogP contribution in [0.4, 0.5) is 0 Å². The summed E-state index contributed by atoms with van der Waals surface area (Å²) in [6, 6.07) is 12.1. The Bertz CT molecular complexity index is 861. The maximum Gasteiger partial charge on any atom is 0.241 e. The van der Waals surface area contributed by atoms with Gasteiger partial charge in [-0.05, 0) is 29.8 Å². The van der Waals surface area contributed by atoms with E-state index < -0.39 is 15.4 Å². The van der Waals surface area contributed by atoms with E-state index in [0.717, 1.165) is 0 Å². The fourth-order valence-electron chi connectivity index (χ4n) is 2.43. The van der Waals surface area contributed by atoms with Gasteiger partial charge in [0, 0.05) is 13.1 Å². The zero-order chi connectivity index (χ0) is 19.9. The molecule has 2 rings (SSSR count). The Morgan fingerprint density at radius 3 is 2.37 bits per heavy atom. The van der Waals surface area contributed by atoms with Crippen LogP contribution in [0.15, 0.2) is 47.4 Å². The van der Waals surface area contributed by atoms with Gasteiger partial charge in [0.1, 0.15) is 17.3 Å². The Morgan fingerprint density at radius 2 is 1.74 bits per heavy atom. The van der Waals surface area contributed by atoms with E-state index in [9.17, 15) is 8.42 Å². The van der Waals surface area contributed by atoms with E-state index in [1.165, 1.54) is 19.2 Å². The number of nitrogens with one attached hydrogen (secondary N) is 1. The van der Waals surface area contributed by atoms with Crippen LogP contribution < -0.4 is 24.7 Å². The summed E-state index contributed by atoms with van der Waals surface area (Å²) in [4.78, 5) is -0.0901.